The van der Waals surface area contributed by atoms with Crippen molar-refractivity contribution >= 4 is 33.9 Å². The van der Waals surface area contributed by atoms with Crippen LogP contribution in [0.3, 0.4) is 0 Å². The van der Waals surface area contributed by atoms with Crippen LogP contribution in [0.2, 0.25) is 0 Å². The van der Waals surface area contributed by atoms with Crippen molar-refractivity contribution < 1.29 is 14.6 Å². The molecule has 0 unspecified atom stereocenters. The number of nitrogens with one attached hydrogen (secondary N) is 1. The number of rotatable bonds is 7. The molecule has 2 aromatic heterocycles. The van der Waals surface area contributed by atoms with E-state index >= 15 is 0 Å². The molecule has 0 aliphatic rings. The standard InChI is InChI=1S/C29H27N5O4/c1-4-33-18(3)31-25-16-19(10-15-26(25)33)27(35)32-30-17-24-22-8-6-7-9-23(22)28(36)34(29(24)37)20-11-13-21(14-12-20)38-5-2/h6-17,37H,4-5H2,1-3H3,(H,32,35)/b30-17-. The molecule has 5 rings (SSSR count). The number of benzene rings is 3. The first-order valence-corrected chi connectivity index (χ1v) is 12.3. The van der Waals surface area contributed by atoms with Crippen molar-refractivity contribution in [1.82, 2.24) is 19.5 Å². The van der Waals surface area contributed by atoms with Gasteiger partial charge in [0.1, 0.15) is 11.6 Å². The van der Waals surface area contributed by atoms with Crippen LogP contribution in [0.5, 0.6) is 11.6 Å². The fourth-order valence-corrected chi connectivity index (χ4v) is 4.60. The summed E-state index contributed by atoms with van der Waals surface area (Å²) in [6.45, 7) is 7.16. The van der Waals surface area contributed by atoms with Gasteiger partial charge in [0.05, 0.1) is 35.1 Å². The number of fused-ring (bicyclic) bond motifs is 2. The smallest absolute Gasteiger partial charge is 0.271 e. The van der Waals surface area contributed by atoms with E-state index in [4.69, 9.17) is 4.74 Å². The van der Waals surface area contributed by atoms with Gasteiger partial charge >= 0.3 is 0 Å². The predicted molar refractivity (Wildman–Crippen MR) is 148 cm³/mol. The fraction of sp³-hybridized carbons (Fsp3) is 0.172. The lowest BCUT2D eigenvalue weighted by molar-refractivity contribution is 0.0955. The number of ether oxygens (including phenoxy) is 1. The van der Waals surface area contributed by atoms with Gasteiger partial charge in [-0.1, -0.05) is 18.2 Å². The Bertz CT molecular complexity index is 1750. The van der Waals surface area contributed by atoms with Crippen molar-refractivity contribution in [1.29, 1.82) is 0 Å². The Hall–Kier alpha value is -4.92. The number of nitrogens with zero attached hydrogens (tertiary/aromatic N) is 4. The molecule has 5 aromatic rings. The summed E-state index contributed by atoms with van der Waals surface area (Å²) in [7, 11) is 0. The molecule has 0 saturated carbocycles. The number of hydrogen-bond acceptors (Lipinski definition) is 6. The maximum Gasteiger partial charge on any atom is 0.271 e. The molecule has 0 bridgehead atoms. The van der Waals surface area contributed by atoms with Gasteiger partial charge < -0.3 is 14.4 Å². The maximum absolute atomic E-state index is 13.3. The van der Waals surface area contributed by atoms with E-state index in [-0.39, 0.29) is 11.4 Å². The normalized spacial score (nSPS) is 11.4. The molecule has 0 atom stereocenters. The Kier molecular flexibility index (Phi) is 6.66. The van der Waals surface area contributed by atoms with Crippen LogP contribution >= 0.6 is 0 Å². The number of hydrogen-bond donors (Lipinski definition) is 2. The lowest BCUT2D eigenvalue weighted by Crippen LogP contribution is -2.21. The minimum Gasteiger partial charge on any atom is -0.494 e. The molecule has 9 nitrogen and oxygen atoms in total. The van der Waals surface area contributed by atoms with Gasteiger partial charge in [0, 0.05) is 22.9 Å². The average Bonchev–Trinajstić information content (AvgIpc) is 3.25. The van der Waals surface area contributed by atoms with Crippen molar-refractivity contribution in [2.75, 3.05) is 6.61 Å². The highest BCUT2D eigenvalue weighted by molar-refractivity contribution is 6.03. The molecule has 9 heteroatoms. The van der Waals surface area contributed by atoms with Crippen molar-refractivity contribution in [2.45, 2.75) is 27.3 Å². The second-order valence-corrected chi connectivity index (χ2v) is 8.66. The molecule has 0 fully saturated rings. The maximum atomic E-state index is 13.3. The van der Waals surface area contributed by atoms with Gasteiger partial charge in [0.2, 0.25) is 5.88 Å². The largest absolute Gasteiger partial charge is 0.494 e. The highest BCUT2D eigenvalue weighted by atomic mass is 16.5. The monoisotopic (exact) mass is 509 g/mol. The molecule has 192 valence electrons. The van der Waals surface area contributed by atoms with Crippen molar-refractivity contribution in [3.8, 4) is 17.3 Å². The predicted octanol–water partition coefficient (Wildman–Crippen LogP) is 4.54. The topological polar surface area (TPSA) is 111 Å². The Morgan fingerprint density at radius 1 is 1.08 bits per heavy atom. The molecule has 2 heterocycles. The Morgan fingerprint density at radius 2 is 1.82 bits per heavy atom. The third kappa shape index (κ3) is 4.39. The number of aryl methyl sites for hydroxylation is 2. The molecule has 3 aromatic carbocycles. The molecule has 0 saturated heterocycles. The van der Waals surface area contributed by atoms with Crippen LogP contribution in [0.1, 0.15) is 35.6 Å². The SMILES string of the molecule is CCOc1ccc(-n2c(O)c(/C=N\NC(=O)c3ccc4c(c3)nc(C)n4CC)c3ccccc3c2=O)cc1. The summed E-state index contributed by atoms with van der Waals surface area (Å²) in [5, 5.41) is 16.2. The fourth-order valence-electron chi connectivity index (χ4n) is 4.60. The molecule has 2 N–H and O–H groups in total. The summed E-state index contributed by atoms with van der Waals surface area (Å²) in [6, 6.07) is 19.1. The molecule has 0 aliphatic carbocycles. The lowest BCUT2D eigenvalue weighted by atomic mass is 10.1. The van der Waals surface area contributed by atoms with E-state index in [0.29, 0.717) is 39.9 Å². The Morgan fingerprint density at radius 3 is 2.53 bits per heavy atom. The number of amides is 1. The van der Waals surface area contributed by atoms with Crippen LogP contribution < -0.4 is 15.7 Å². The first kappa shape index (κ1) is 24.8. The quantitative estimate of drug-likeness (QED) is 0.247. The van der Waals surface area contributed by atoms with Crippen molar-refractivity contribution in [3.63, 3.8) is 0 Å². The van der Waals surface area contributed by atoms with Gasteiger partial charge in [0.15, 0.2) is 0 Å². The van der Waals surface area contributed by atoms with E-state index in [1.54, 1.807) is 60.7 Å². The van der Waals surface area contributed by atoms with Gasteiger partial charge in [-0.15, -0.1) is 0 Å². The number of imidazole rings is 1. The second-order valence-electron chi connectivity index (χ2n) is 8.66. The first-order valence-electron chi connectivity index (χ1n) is 12.3. The zero-order valence-electron chi connectivity index (χ0n) is 21.3. The molecular weight excluding hydrogens is 482 g/mol. The zero-order chi connectivity index (χ0) is 26.8. The van der Waals surface area contributed by atoms with Crippen molar-refractivity contribution in [2.24, 2.45) is 5.10 Å². The van der Waals surface area contributed by atoms with Crippen LogP contribution in [0.4, 0.5) is 0 Å². The summed E-state index contributed by atoms with van der Waals surface area (Å²) in [4.78, 5) is 30.6. The summed E-state index contributed by atoms with van der Waals surface area (Å²) in [5.41, 5.74) is 4.99. The van der Waals surface area contributed by atoms with Crippen LogP contribution in [-0.4, -0.2) is 38.0 Å². The zero-order valence-corrected chi connectivity index (χ0v) is 21.3. The van der Waals surface area contributed by atoms with Gasteiger partial charge in [0.25, 0.3) is 11.5 Å². The summed E-state index contributed by atoms with van der Waals surface area (Å²) in [6.07, 6.45) is 1.34. The Balaban J connectivity index is 1.49. The first-order chi connectivity index (χ1) is 18.4. The minimum absolute atomic E-state index is 0.294. The number of aromatic hydroxyl groups is 1. The van der Waals surface area contributed by atoms with Crippen LogP contribution in [0.15, 0.2) is 76.6 Å². The number of carbonyl (C=O) groups is 1. The summed E-state index contributed by atoms with van der Waals surface area (Å²) >= 11 is 0. The average molecular weight is 510 g/mol. The molecule has 0 radical (unpaired) electrons. The molecular formula is C29H27N5O4. The van der Waals surface area contributed by atoms with E-state index in [1.165, 1.54) is 10.8 Å². The number of carbonyl (C=O) groups excluding carboxylic acids is 1. The number of aromatic nitrogens is 3. The summed E-state index contributed by atoms with van der Waals surface area (Å²) in [5.74, 6) is 0.820. The van der Waals surface area contributed by atoms with Gasteiger partial charge in [-0.3, -0.25) is 9.59 Å². The van der Waals surface area contributed by atoms with E-state index in [2.05, 4.69) is 20.1 Å². The van der Waals surface area contributed by atoms with Crippen LogP contribution in [-0.2, 0) is 6.54 Å². The minimum atomic E-state index is -0.421. The highest BCUT2D eigenvalue weighted by Crippen LogP contribution is 2.27. The Labute approximate surface area is 218 Å². The third-order valence-electron chi connectivity index (χ3n) is 6.39. The van der Waals surface area contributed by atoms with E-state index < -0.39 is 5.91 Å². The molecule has 38 heavy (non-hydrogen) atoms. The highest BCUT2D eigenvalue weighted by Gasteiger charge is 2.17. The third-order valence-corrected chi connectivity index (χ3v) is 6.39. The van der Waals surface area contributed by atoms with Crippen molar-refractivity contribution in [3.05, 3.63) is 94.0 Å². The lowest BCUT2D eigenvalue weighted by Gasteiger charge is -2.14. The number of hydrazone groups is 1. The van der Waals surface area contributed by atoms with Gasteiger partial charge in [-0.25, -0.2) is 15.0 Å². The van der Waals surface area contributed by atoms with Gasteiger partial charge in [-0.2, -0.15) is 5.10 Å². The van der Waals surface area contributed by atoms with Crippen LogP contribution in [0, 0.1) is 6.92 Å². The number of pyridine rings is 1. The molecule has 1 amide bonds. The second kappa shape index (κ2) is 10.2. The van der Waals surface area contributed by atoms with Crippen LogP contribution in [0.25, 0.3) is 27.5 Å². The molecule has 0 aliphatic heterocycles. The van der Waals surface area contributed by atoms with E-state index in [0.717, 1.165) is 23.4 Å². The molecule has 0 spiro atoms. The van der Waals surface area contributed by atoms with E-state index in [1.807, 2.05) is 26.8 Å². The van der Waals surface area contributed by atoms with Gasteiger partial charge in [-0.05, 0) is 69.3 Å². The summed E-state index contributed by atoms with van der Waals surface area (Å²) < 4.78 is 8.76. The van der Waals surface area contributed by atoms with E-state index in [9.17, 15) is 14.7 Å².